The van der Waals surface area contributed by atoms with E-state index in [0.29, 0.717) is 22.3 Å². The van der Waals surface area contributed by atoms with Crippen molar-refractivity contribution in [1.29, 1.82) is 0 Å². The Balaban J connectivity index is 1.15. The van der Waals surface area contributed by atoms with Gasteiger partial charge in [0.25, 0.3) is 0 Å². The van der Waals surface area contributed by atoms with Crippen molar-refractivity contribution in [2.45, 2.75) is 114 Å². The van der Waals surface area contributed by atoms with Gasteiger partial charge in [-0.15, -0.1) is 0 Å². The first-order chi connectivity index (χ1) is 15.1. The molecule has 178 valence electrons. The molecule has 7 atom stereocenters. The predicted octanol–water partition coefficient (Wildman–Crippen LogP) is 4.90. The predicted molar refractivity (Wildman–Crippen MR) is 126 cm³/mol. The molecule has 0 N–H and O–H groups in total. The maximum absolute atomic E-state index is 7.09. The van der Waals surface area contributed by atoms with E-state index in [9.17, 15) is 0 Å². The monoisotopic (exact) mass is 458 g/mol. The normalized spacial score (nSPS) is 52.4. The van der Waals surface area contributed by atoms with Crippen molar-refractivity contribution in [1.82, 2.24) is 0 Å². The highest BCUT2D eigenvalue weighted by Crippen LogP contribution is 2.79. The third kappa shape index (κ3) is 2.38. The third-order valence-corrected chi connectivity index (χ3v) is 14.1. The van der Waals surface area contributed by atoms with Crippen LogP contribution in [0.1, 0.15) is 86.0 Å². The van der Waals surface area contributed by atoms with E-state index in [4.69, 9.17) is 18.6 Å². The molecule has 7 rings (SSSR count). The van der Waals surface area contributed by atoms with Gasteiger partial charge in [0.1, 0.15) is 11.2 Å². The number of allylic oxidation sites excluding steroid dienone is 1. The lowest BCUT2D eigenvalue weighted by atomic mass is 9.53. The van der Waals surface area contributed by atoms with Crippen molar-refractivity contribution < 1.29 is 18.6 Å². The number of epoxide rings is 1. The number of rotatable bonds is 4. The summed E-state index contributed by atoms with van der Waals surface area (Å²) in [5.41, 5.74) is 2.19. The van der Waals surface area contributed by atoms with Gasteiger partial charge in [0, 0.05) is 18.3 Å². The molecule has 2 saturated heterocycles. The molecule has 5 aliphatic carbocycles. The molecule has 2 aliphatic heterocycles. The minimum absolute atomic E-state index is 0.00439. The van der Waals surface area contributed by atoms with Gasteiger partial charge in [-0.25, -0.2) is 0 Å². The Labute approximate surface area is 196 Å². The first-order valence-electron chi connectivity index (χ1n) is 13.4. The van der Waals surface area contributed by atoms with E-state index >= 15 is 0 Å². The SMILES string of the molecule is CC(C)C(C)(C)[SiH2]O[C@@]12C[C@@H]1C[C@H]1[C@@H]3CC[C@@]45CC6(CC[C@@]4(O5)C3=CC[C@@]12C)OCCO6. The van der Waals surface area contributed by atoms with E-state index in [1.807, 2.05) is 0 Å². The van der Waals surface area contributed by atoms with Gasteiger partial charge in [-0.1, -0.05) is 40.7 Å². The van der Waals surface area contributed by atoms with Gasteiger partial charge >= 0.3 is 0 Å². The molecular formula is C27H42O4Si. The van der Waals surface area contributed by atoms with Crippen molar-refractivity contribution in [3.8, 4) is 0 Å². The third-order valence-electron chi connectivity index (χ3n) is 11.9. The van der Waals surface area contributed by atoms with Crippen LogP contribution in [0.4, 0.5) is 0 Å². The van der Waals surface area contributed by atoms with E-state index in [1.165, 1.54) is 32.1 Å². The number of hydrogen-bond acceptors (Lipinski definition) is 4. The molecule has 1 spiro atoms. The lowest BCUT2D eigenvalue weighted by Crippen LogP contribution is -2.53. The molecule has 4 nitrogen and oxygen atoms in total. The molecule has 0 aromatic heterocycles. The van der Waals surface area contributed by atoms with Crippen LogP contribution in [0.15, 0.2) is 11.6 Å². The molecule has 0 unspecified atom stereocenters. The quantitative estimate of drug-likeness (QED) is 0.341. The summed E-state index contributed by atoms with van der Waals surface area (Å²) in [6, 6.07) is 0. The van der Waals surface area contributed by atoms with Gasteiger partial charge in [0.05, 0.1) is 18.8 Å². The Bertz CT molecular complexity index is 877. The van der Waals surface area contributed by atoms with Crippen LogP contribution in [0.5, 0.6) is 0 Å². The molecule has 0 amide bonds. The lowest BCUT2D eigenvalue weighted by Gasteiger charge is -2.52. The number of hydrogen-bond donors (Lipinski definition) is 0. The van der Waals surface area contributed by atoms with Crippen LogP contribution in [0.2, 0.25) is 5.04 Å². The van der Waals surface area contributed by atoms with Crippen molar-refractivity contribution in [2.24, 2.45) is 29.1 Å². The minimum atomic E-state index is -0.572. The summed E-state index contributed by atoms with van der Waals surface area (Å²) in [6.45, 7) is 13.7. The summed E-state index contributed by atoms with van der Waals surface area (Å²) in [4.78, 5) is 0. The topological polar surface area (TPSA) is 40.2 Å². The highest BCUT2D eigenvalue weighted by atomic mass is 28.2. The van der Waals surface area contributed by atoms with Crippen molar-refractivity contribution in [3.05, 3.63) is 11.6 Å². The van der Waals surface area contributed by atoms with E-state index in [2.05, 4.69) is 40.7 Å². The average molecular weight is 459 g/mol. The van der Waals surface area contributed by atoms with Gasteiger partial charge in [0.15, 0.2) is 15.6 Å². The molecule has 0 bridgehead atoms. The Hall–Kier alpha value is -0.203. The fraction of sp³-hybridized carbons (Fsp3) is 0.926. The minimum Gasteiger partial charge on any atom is -0.417 e. The molecule has 2 heterocycles. The van der Waals surface area contributed by atoms with Crippen LogP contribution >= 0.6 is 0 Å². The summed E-state index contributed by atoms with van der Waals surface area (Å²) >= 11 is 0. The van der Waals surface area contributed by atoms with Gasteiger partial charge in [-0.3, -0.25) is 0 Å². The Morgan fingerprint density at radius 2 is 1.94 bits per heavy atom. The molecule has 0 radical (unpaired) electrons. The summed E-state index contributed by atoms with van der Waals surface area (Å²) in [7, 11) is -0.572. The Morgan fingerprint density at radius 1 is 1.16 bits per heavy atom. The highest BCUT2D eigenvalue weighted by molar-refractivity contribution is 6.32. The van der Waals surface area contributed by atoms with Crippen LogP contribution in [-0.4, -0.2) is 45.6 Å². The second kappa shape index (κ2) is 6.13. The van der Waals surface area contributed by atoms with Gasteiger partial charge in [0.2, 0.25) is 0 Å². The maximum Gasteiger partial charge on any atom is 0.171 e. The highest BCUT2D eigenvalue weighted by Gasteiger charge is 2.81. The first kappa shape index (κ1) is 21.1. The molecule has 32 heavy (non-hydrogen) atoms. The van der Waals surface area contributed by atoms with E-state index in [0.717, 1.165) is 44.3 Å². The fourth-order valence-corrected chi connectivity index (χ4v) is 10.7. The first-order valence-corrected chi connectivity index (χ1v) is 14.7. The van der Waals surface area contributed by atoms with Crippen LogP contribution < -0.4 is 0 Å². The molecule has 5 heteroatoms. The van der Waals surface area contributed by atoms with E-state index < -0.39 is 9.76 Å². The average Bonchev–Trinajstić information content (AvgIpc) is 3.55. The smallest absolute Gasteiger partial charge is 0.171 e. The maximum atomic E-state index is 7.09. The van der Waals surface area contributed by atoms with Crippen LogP contribution in [0, 0.1) is 29.1 Å². The van der Waals surface area contributed by atoms with E-state index in [1.54, 1.807) is 5.57 Å². The molecule has 6 fully saturated rings. The van der Waals surface area contributed by atoms with Crippen LogP contribution in [0.25, 0.3) is 0 Å². The zero-order valence-corrected chi connectivity index (χ0v) is 22.2. The molecular weight excluding hydrogens is 416 g/mol. The number of fused-ring (bicyclic) bond motifs is 5. The summed E-state index contributed by atoms with van der Waals surface area (Å²) in [5.74, 6) is 2.64. The Kier molecular flexibility index (Phi) is 4.04. The fourth-order valence-electron chi connectivity index (χ4n) is 9.02. The van der Waals surface area contributed by atoms with Crippen molar-refractivity contribution >= 4 is 9.76 Å². The van der Waals surface area contributed by atoms with Gasteiger partial charge < -0.3 is 18.6 Å². The lowest BCUT2D eigenvalue weighted by molar-refractivity contribution is -0.185. The Morgan fingerprint density at radius 3 is 2.69 bits per heavy atom. The summed E-state index contributed by atoms with van der Waals surface area (Å²) in [5, 5.41) is 0.375. The van der Waals surface area contributed by atoms with Gasteiger partial charge in [-0.05, 0) is 72.8 Å². The van der Waals surface area contributed by atoms with Crippen molar-refractivity contribution in [3.63, 3.8) is 0 Å². The zero-order valence-electron chi connectivity index (χ0n) is 20.8. The summed E-state index contributed by atoms with van der Waals surface area (Å²) in [6.07, 6.45) is 12.0. The zero-order chi connectivity index (χ0) is 22.2. The second-order valence-electron chi connectivity index (χ2n) is 13.7. The van der Waals surface area contributed by atoms with E-state index in [-0.39, 0.29) is 22.6 Å². The van der Waals surface area contributed by atoms with Crippen LogP contribution in [0.3, 0.4) is 0 Å². The summed E-state index contributed by atoms with van der Waals surface area (Å²) < 4.78 is 26.1. The largest absolute Gasteiger partial charge is 0.417 e. The standard InChI is InChI=1S/C27H42O4Si/c1-17(2)22(3,4)32-31-27-15-18(27)14-21-19-6-9-24-16-25(28-12-13-29-25)10-11-26(24,30-24)20(19)7-8-23(21,27)5/h7,17-19,21H,6,8-16,32H2,1-5H3/t18-,19+,21-,23-,24+,26+,27-/m0/s1. The molecule has 4 saturated carbocycles. The van der Waals surface area contributed by atoms with Crippen LogP contribution in [-0.2, 0) is 18.6 Å². The molecule has 7 aliphatic rings. The molecule has 0 aromatic rings. The van der Waals surface area contributed by atoms with Crippen molar-refractivity contribution in [2.75, 3.05) is 13.2 Å². The molecule has 0 aromatic carbocycles. The van der Waals surface area contributed by atoms with Gasteiger partial charge in [-0.2, -0.15) is 0 Å². The second-order valence-corrected chi connectivity index (χ2v) is 16.1. The number of ether oxygens (including phenoxy) is 3.